The number of piperidine rings is 1. The first-order chi connectivity index (χ1) is 22.5. The maximum atomic E-state index is 14.2. The predicted octanol–water partition coefficient (Wildman–Crippen LogP) is 4.57. The summed E-state index contributed by atoms with van der Waals surface area (Å²) in [5, 5.41) is 11.9. The predicted molar refractivity (Wildman–Crippen MR) is 170 cm³/mol. The number of rotatable bonds is 11. The van der Waals surface area contributed by atoms with Gasteiger partial charge in [-0.1, -0.05) is 12.8 Å². The molecule has 0 radical (unpaired) electrons. The topological polar surface area (TPSA) is 130 Å². The molecule has 258 valence electrons. The molecular weight excluding hydrogens is 606 g/mol. The number of hydrogen-bond acceptors (Lipinski definition) is 11. The molecule has 47 heavy (non-hydrogen) atoms. The van der Waals surface area contributed by atoms with Crippen LogP contribution in [-0.2, 0) is 39.8 Å². The summed E-state index contributed by atoms with van der Waals surface area (Å²) in [4.78, 5) is 41.9. The van der Waals surface area contributed by atoms with Crippen LogP contribution in [0.5, 0.6) is 11.5 Å². The molecule has 2 aliphatic carbocycles. The van der Waals surface area contributed by atoms with E-state index >= 15 is 0 Å². The highest BCUT2D eigenvalue weighted by molar-refractivity contribution is 5.86. The van der Waals surface area contributed by atoms with Crippen molar-refractivity contribution in [1.82, 2.24) is 4.90 Å². The van der Waals surface area contributed by atoms with Gasteiger partial charge in [-0.25, -0.2) is 4.79 Å². The van der Waals surface area contributed by atoms with Gasteiger partial charge in [0.25, 0.3) is 0 Å². The van der Waals surface area contributed by atoms with Crippen LogP contribution in [0.4, 0.5) is 0 Å². The molecule has 1 N–H and O–H groups in total. The fraction of sp³-hybridized carbons (Fsp3) is 0.694. The van der Waals surface area contributed by atoms with Gasteiger partial charge < -0.3 is 33.5 Å². The molecule has 0 amide bonds. The summed E-state index contributed by atoms with van der Waals surface area (Å²) >= 11 is 0. The SMILES string of the molecule is COC(=O)CC(O)(CCCC(C)(C)OC(=O)C1CCCC1)C(=O)OC1C(OC)=CC2CCCN3CCc4cc5c(cc4C1C23)OCO5. The van der Waals surface area contributed by atoms with Crippen molar-refractivity contribution in [3.05, 3.63) is 35.1 Å². The lowest BCUT2D eigenvalue weighted by Crippen LogP contribution is -2.55. The number of aliphatic hydroxyl groups is 1. The smallest absolute Gasteiger partial charge is 0.339 e. The van der Waals surface area contributed by atoms with E-state index < -0.39 is 35.7 Å². The van der Waals surface area contributed by atoms with Crippen molar-refractivity contribution in [3.8, 4) is 11.5 Å². The third-order valence-electron chi connectivity index (χ3n) is 10.8. The molecule has 5 atom stereocenters. The fourth-order valence-corrected chi connectivity index (χ4v) is 8.35. The number of fused-ring (bicyclic) bond motifs is 3. The minimum Gasteiger partial charge on any atom is -0.497 e. The third-order valence-corrected chi connectivity index (χ3v) is 10.8. The van der Waals surface area contributed by atoms with Crippen LogP contribution in [0.15, 0.2) is 24.0 Å². The summed E-state index contributed by atoms with van der Waals surface area (Å²) in [5.41, 5.74) is -0.856. The molecule has 1 saturated heterocycles. The first-order valence-electron chi connectivity index (χ1n) is 17.2. The standard InChI is InChI=1S/C36H49NO10/c1-35(2,47-33(39)22-9-5-6-10-22)13-8-14-36(41,20-29(38)43-4)34(40)46-32-28(42-3)18-24-11-7-15-37-16-12-23-17-26-27(45-21-44-26)19-25(23)30(32)31(24)37/h17-19,22,24,30-32,41H,5-16,20-21H2,1-4H3. The van der Waals surface area contributed by atoms with Crippen molar-refractivity contribution in [1.29, 1.82) is 0 Å². The zero-order valence-electron chi connectivity index (χ0n) is 28.1. The van der Waals surface area contributed by atoms with Gasteiger partial charge in [0.05, 0.1) is 26.6 Å². The maximum Gasteiger partial charge on any atom is 0.339 e. The van der Waals surface area contributed by atoms with E-state index in [9.17, 15) is 19.5 Å². The first kappa shape index (κ1) is 33.6. The van der Waals surface area contributed by atoms with Gasteiger partial charge in [0.15, 0.2) is 23.2 Å². The van der Waals surface area contributed by atoms with E-state index in [1.807, 2.05) is 26.0 Å². The van der Waals surface area contributed by atoms with Crippen molar-refractivity contribution >= 4 is 17.9 Å². The van der Waals surface area contributed by atoms with Crippen LogP contribution in [-0.4, -0.2) is 85.4 Å². The van der Waals surface area contributed by atoms with Crippen molar-refractivity contribution in [2.24, 2.45) is 11.8 Å². The van der Waals surface area contributed by atoms with E-state index in [0.29, 0.717) is 30.1 Å². The number of carbonyl (C=O) groups excluding carboxylic acids is 3. The number of methoxy groups -OCH3 is 2. The van der Waals surface area contributed by atoms with E-state index in [4.69, 9.17) is 28.4 Å². The Labute approximate surface area is 276 Å². The molecule has 5 unspecified atom stereocenters. The summed E-state index contributed by atoms with van der Waals surface area (Å²) < 4.78 is 34.4. The molecule has 11 heteroatoms. The second-order valence-corrected chi connectivity index (χ2v) is 14.4. The molecule has 3 heterocycles. The molecule has 1 saturated carbocycles. The summed E-state index contributed by atoms with van der Waals surface area (Å²) in [7, 11) is 2.79. The number of esters is 3. The van der Waals surface area contributed by atoms with Crippen molar-refractivity contribution in [2.75, 3.05) is 34.1 Å². The van der Waals surface area contributed by atoms with E-state index in [2.05, 4.69) is 11.0 Å². The second kappa shape index (κ2) is 13.7. The lowest BCUT2D eigenvalue weighted by atomic mass is 9.71. The summed E-state index contributed by atoms with van der Waals surface area (Å²) in [5.74, 6) is -0.138. The fourth-order valence-electron chi connectivity index (χ4n) is 8.35. The maximum absolute atomic E-state index is 14.2. The van der Waals surface area contributed by atoms with Crippen LogP contribution in [0.3, 0.4) is 0 Å². The normalized spacial score (nSPS) is 26.6. The molecule has 6 rings (SSSR count). The highest BCUT2D eigenvalue weighted by Crippen LogP contribution is 2.50. The minimum absolute atomic E-state index is 0.0473. The van der Waals surface area contributed by atoms with Crippen LogP contribution in [0.1, 0.15) is 95.1 Å². The van der Waals surface area contributed by atoms with Gasteiger partial charge in [0.2, 0.25) is 6.79 Å². The van der Waals surface area contributed by atoms with Gasteiger partial charge >= 0.3 is 17.9 Å². The number of ether oxygens (including phenoxy) is 6. The van der Waals surface area contributed by atoms with Gasteiger partial charge in [-0.3, -0.25) is 14.5 Å². The Bertz CT molecular complexity index is 1380. The highest BCUT2D eigenvalue weighted by Gasteiger charge is 2.52. The lowest BCUT2D eigenvalue weighted by Gasteiger charge is -2.48. The number of hydrogen-bond donors (Lipinski definition) is 1. The van der Waals surface area contributed by atoms with Gasteiger partial charge in [0, 0.05) is 18.5 Å². The first-order valence-corrected chi connectivity index (χ1v) is 17.2. The van der Waals surface area contributed by atoms with Crippen LogP contribution >= 0.6 is 0 Å². The zero-order valence-corrected chi connectivity index (χ0v) is 28.1. The molecular formula is C36H49NO10. The van der Waals surface area contributed by atoms with Crippen LogP contribution < -0.4 is 9.47 Å². The third kappa shape index (κ3) is 6.97. The Hall–Kier alpha value is -3.31. The molecule has 2 fully saturated rings. The largest absolute Gasteiger partial charge is 0.497 e. The highest BCUT2D eigenvalue weighted by atomic mass is 16.7. The second-order valence-electron chi connectivity index (χ2n) is 14.4. The Morgan fingerprint density at radius 1 is 1.00 bits per heavy atom. The Morgan fingerprint density at radius 2 is 1.74 bits per heavy atom. The van der Waals surface area contributed by atoms with E-state index in [0.717, 1.165) is 69.2 Å². The molecule has 1 aromatic rings. The van der Waals surface area contributed by atoms with Crippen molar-refractivity contribution in [3.63, 3.8) is 0 Å². The summed E-state index contributed by atoms with van der Waals surface area (Å²) in [6, 6.07) is 4.09. The van der Waals surface area contributed by atoms with E-state index in [1.54, 1.807) is 7.11 Å². The number of nitrogens with zero attached hydrogens (tertiary/aromatic N) is 1. The minimum atomic E-state index is -2.16. The van der Waals surface area contributed by atoms with Crippen molar-refractivity contribution in [2.45, 2.75) is 114 Å². The van der Waals surface area contributed by atoms with Gasteiger partial charge in [-0.2, -0.15) is 0 Å². The Kier molecular flexibility index (Phi) is 9.76. The molecule has 0 aromatic heterocycles. The molecule has 0 bridgehead atoms. The molecule has 11 nitrogen and oxygen atoms in total. The molecule has 5 aliphatic rings. The summed E-state index contributed by atoms with van der Waals surface area (Å²) in [6.45, 7) is 5.60. The van der Waals surface area contributed by atoms with Gasteiger partial charge in [-0.15, -0.1) is 0 Å². The molecule has 3 aliphatic heterocycles. The van der Waals surface area contributed by atoms with Crippen molar-refractivity contribution < 1.29 is 47.9 Å². The number of benzene rings is 1. The lowest BCUT2D eigenvalue weighted by molar-refractivity contribution is -0.180. The monoisotopic (exact) mass is 655 g/mol. The Balaban J connectivity index is 1.25. The average molecular weight is 656 g/mol. The van der Waals surface area contributed by atoms with E-state index in [-0.39, 0.29) is 43.0 Å². The quantitative estimate of drug-likeness (QED) is 0.266. The van der Waals surface area contributed by atoms with Gasteiger partial charge in [-0.05, 0) is 107 Å². The molecule has 1 aromatic carbocycles. The van der Waals surface area contributed by atoms with Crippen LogP contribution in [0.25, 0.3) is 0 Å². The molecule has 0 spiro atoms. The van der Waals surface area contributed by atoms with E-state index in [1.165, 1.54) is 7.11 Å². The Morgan fingerprint density at radius 3 is 2.47 bits per heavy atom. The van der Waals surface area contributed by atoms with Crippen LogP contribution in [0, 0.1) is 11.8 Å². The average Bonchev–Trinajstić information content (AvgIpc) is 3.72. The van der Waals surface area contributed by atoms with Gasteiger partial charge in [0.1, 0.15) is 11.4 Å². The number of carbonyl (C=O) groups is 3. The van der Waals surface area contributed by atoms with Crippen LogP contribution in [0.2, 0.25) is 0 Å². The summed E-state index contributed by atoms with van der Waals surface area (Å²) in [6.07, 6.45) is 7.85. The zero-order chi connectivity index (χ0) is 33.3.